The van der Waals surface area contributed by atoms with E-state index in [1.54, 1.807) is 6.07 Å². The second-order valence-corrected chi connectivity index (χ2v) is 17.0. The Morgan fingerprint density at radius 3 is 2.16 bits per heavy atom. The summed E-state index contributed by atoms with van der Waals surface area (Å²) in [6.07, 6.45) is -4.84. The highest BCUT2D eigenvalue weighted by Gasteiger charge is 2.65. The van der Waals surface area contributed by atoms with Crippen LogP contribution in [0, 0.1) is 6.92 Å². The van der Waals surface area contributed by atoms with Crippen molar-refractivity contribution < 1.29 is 27.1 Å². The van der Waals surface area contributed by atoms with Crippen LogP contribution in [-0.2, 0) is 19.6 Å². The van der Waals surface area contributed by atoms with Gasteiger partial charge in [-0.15, -0.1) is 11.8 Å². The van der Waals surface area contributed by atoms with Gasteiger partial charge in [0.15, 0.2) is 8.32 Å². The lowest BCUT2D eigenvalue weighted by Gasteiger charge is -2.42. The zero-order valence-electron chi connectivity index (χ0n) is 22.7. The molecule has 2 aromatic carbocycles. The molecule has 9 heteroatoms. The first-order chi connectivity index (χ1) is 17.1. The Morgan fingerprint density at radius 2 is 1.65 bits per heavy atom. The summed E-state index contributed by atoms with van der Waals surface area (Å²) in [4.78, 5) is 16.3. The molecule has 1 fully saturated rings. The van der Waals surface area contributed by atoms with Crippen LogP contribution in [0.3, 0.4) is 0 Å². The number of amides is 1. The summed E-state index contributed by atoms with van der Waals surface area (Å²) in [6, 6.07) is 14.6. The normalized spacial score (nSPS) is 20.6. The molecule has 204 valence electrons. The van der Waals surface area contributed by atoms with Gasteiger partial charge in [-0.25, -0.2) is 0 Å². The van der Waals surface area contributed by atoms with Crippen LogP contribution in [0.25, 0.3) is 0 Å². The van der Waals surface area contributed by atoms with Gasteiger partial charge in [-0.05, 0) is 43.6 Å². The summed E-state index contributed by atoms with van der Waals surface area (Å²) in [6.45, 7) is 12.8. The number of thioether (sulfide) groups is 1. The summed E-state index contributed by atoms with van der Waals surface area (Å²) in [7, 11) is -1.29. The van der Waals surface area contributed by atoms with Gasteiger partial charge in [0.25, 0.3) is 11.5 Å². The number of aryl methyl sites for hydroxylation is 1. The predicted molar refractivity (Wildman–Crippen MR) is 145 cm³/mol. The fourth-order valence-corrected chi connectivity index (χ4v) is 6.86. The Morgan fingerprint density at radius 1 is 1.05 bits per heavy atom. The molecule has 0 bridgehead atoms. The van der Waals surface area contributed by atoms with E-state index in [4.69, 9.17) is 9.16 Å². The molecule has 0 saturated carbocycles. The van der Waals surface area contributed by atoms with Crippen molar-refractivity contribution in [1.29, 1.82) is 0 Å². The molecule has 1 heterocycles. The SMILES string of the molecule is CO[C@](C(=O)N1CC[C@@H](O[Si](C)(C)C(C)(C)C)[C@@H]1CSc1ccc(C)cc1)(c1ccccc1)C(F)(F)F. The summed E-state index contributed by atoms with van der Waals surface area (Å²) in [5.41, 5.74) is -2.19. The third-order valence-electron chi connectivity index (χ3n) is 7.63. The molecule has 0 spiro atoms. The highest BCUT2D eigenvalue weighted by Crippen LogP contribution is 2.46. The quantitative estimate of drug-likeness (QED) is 0.256. The van der Waals surface area contributed by atoms with Gasteiger partial charge in [0, 0.05) is 29.9 Å². The van der Waals surface area contributed by atoms with Crippen molar-refractivity contribution in [3.8, 4) is 0 Å². The zero-order chi connectivity index (χ0) is 27.6. The van der Waals surface area contributed by atoms with Crippen molar-refractivity contribution in [2.75, 3.05) is 19.4 Å². The molecule has 0 N–H and O–H groups in total. The second kappa shape index (κ2) is 11.1. The highest BCUT2D eigenvalue weighted by molar-refractivity contribution is 7.99. The van der Waals surface area contributed by atoms with E-state index in [1.165, 1.54) is 40.9 Å². The van der Waals surface area contributed by atoms with Crippen molar-refractivity contribution in [3.05, 3.63) is 65.7 Å². The third-order valence-corrected chi connectivity index (χ3v) is 13.2. The molecular weight excluding hydrogens is 515 g/mol. The number of likely N-dealkylation sites (tertiary alicyclic amines) is 1. The Bertz CT molecular complexity index is 1060. The van der Waals surface area contributed by atoms with Gasteiger partial charge in [-0.1, -0.05) is 68.8 Å². The number of carbonyl (C=O) groups is 1. The van der Waals surface area contributed by atoms with E-state index >= 15 is 0 Å². The molecule has 4 nitrogen and oxygen atoms in total. The van der Waals surface area contributed by atoms with Crippen molar-refractivity contribution >= 4 is 26.0 Å². The highest BCUT2D eigenvalue weighted by atomic mass is 32.2. The predicted octanol–water partition coefficient (Wildman–Crippen LogP) is 7.18. The molecule has 0 radical (unpaired) electrons. The monoisotopic (exact) mass is 553 g/mol. The number of ether oxygens (including phenoxy) is 1. The number of carbonyl (C=O) groups excluding carboxylic acids is 1. The summed E-state index contributed by atoms with van der Waals surface area (Å²) >= 11 is 1.53. The largest absolute Gasteiger partial charge is 0.430 e. The number of halogens is 3. The number of hydrogen-bond donors (Lipinski definition) is 0. The number of rotatable bonds is 8. The Labute approximate surface area is 224 Å². The molecule has 1 aliphatic heterocycles. The standard InChI is InChI=1S/C28H38F3NO3SSi/c1-20-13-15-22(16-14-20)36-19-23-24(35-37(6,7)26(2,3)4)17-18-32(23)25(33)27(34-5,28(29,30)31)21-11-9-8-10-12-21/h8-16,23-24H,17-19H2,1-7H3/t23-,24+,27-/m0/s1. The van der Waals surface area contributed by atoms with Crippen LogP contribution in [0.2, 0.25) is 18.1 Å². The first-order valence-electron chi connectivity index (χ1n) is 12.5. The molecular formula is C28H38F3NO3SSi. The summed E-state index contributed by atoms with van der Waals surface area (Å²) in [5.74, 6) is -0.676. The third kappa shape index (κ3) is 6.10. The number of hydrogen-bond acceptors (Lipinski definition) is 4. The van der Waals surface area contributed by atoms with Gasteiger partial charge in [0.1, 0.15) is 0 Å². The van der Waals surface area contributed by atoms with Crippen molar-refractivity contribution in [1.82, 2.24) is 4.90 Å². The van der Waals surface area contributed by atoms with Crippen LogP contribution >= 0.6 is 11.8 Å². The molecule has 3 atom stereocenters. The summed E-state index contributed by atoms with van der Waals surface area (Å²) in [5, 5.41) is -0.0780. The molecule has 1 aliphatic rings. The van der Waals surface area contributed by atoms with Crippen molar-refractivity contribution in [2.24, 2.45) is 0 Å². The number of methoxy groups -OCH3 is 1. The fourth-order valence-electron chi connectivity index (χ4n) is 4.39. The van der Waals surface area contributed by atoms with Crippen LogP contribution in [0.4, 0.5) is 13.2 Å². The maximum absolute atomic E-state index is 14.7. The van der Waals surface area contributed by atoms with Crippen LogP contribution in [0.5, 0.6) is 0 Å². The average molecular weight is 554 g/mol. The average Bonchev–Trinajstić information content (AvgIpc) is 3.20. The van der Waals surface area contributed by atoms with Gasteiger partial charge in [0.2, 0.25) is 0 Å². The minimum Gasteiger partial charge on any atom is -0.412 e. The second-order valence-electron chi connectivity index (χ2n) is 11.1. The van der Waals surface area contributed by atoms with Crippen LogP contribution in [0.15, 0.2) is 59.5 Å². The lowest BCUT2D eigenvalue weighted by Crippen LogP contribution is -2.59. The first-order valence-corrected chi connectivity index (χ1v) is 16.4. The summed E-state index contributed by atoms with van der Waals surface area (Å²) < 4.78 is 55.9. The molecule has 1 saturated heterocycles. The molecule has 2 aromatic rings. The van der Waals surface area contributed by atoms with Crippen LogP contribution < -0.4 is 0 Å². The van der Waals surface area contributed by atoms with Crippen molar-refractivity contribution in [2.45, 2.75) is 81.1 Å². The first kappa shape index (κ1) is 29.7. The lowest BCUT2D eigenvalue weighted by atomic mass is 9.90. The number of nitrogens with zero attached hydrogens (tertiary/aromatic N) is 1. The Balaban J connectivity index is 2.00. The molecule has 1 amide bonds. The maximum Gasteiger partial charge on any atom is 0.430 e. The topological polar surface area (TPSA) is 38.8 Å². The Kier molecular flexibility index (Phi) is 8.94. The fraction of sp³-hybridized carbons (Fsp3) is 0.536. The number of benzene rings is 2. The van der Waals surface area contributed by atoms with Crippen LogP contribution in [0.1, 0.15) is 38.3 Å². The Hall–Kier alpha value is -1.81. The van der Waals surface area contributed by atoms with Gasteiger partial charge in [-0.3, -0.25) is 4.79 Å². The van der Waals surface area contributed by atoms with E-state index in [0.29, 0.717) is 12.2 Å². The smallest absolute Gasteiger partial charge is 0.412 e. The van der Waals surface area contributed by atoms with E-state index in [9.17, 15) is 18.0 Å². The van der Waals surface area contributed by atoms with Gasteiger partial charge in [-0.2, -0.15) is 13.2 Å². The van der Waals surface area contributed by atoms with E-state index in [-0.39, 0.29) is 23.3 Å². The van der Waals surface area contributed by atoms with E-state index < -0.39 is 32.0 Å². The molecule has 0 unspecified atom stereocenters. The van der Waals surface area contributed by atoms with Gasteiger partial charge >= 0.3 is 6.18 Å². The van der Waals surface area contributed by atoms with Gasteiger partial charge < -0.3 is 14.1 Å². The minimum absolute atomic E-state index is 0.0780. The van der Waals surface area contributed by atoms with Crippen molar-refractivity contribution in [3.63, 3.8) is 0 Å². The lowest BCUT2D eigenvalue weighted by molar-refractivity contribution is -0.270. The zero-order valence-corrected chi connectivity index (χ0v) is 24.5. The minimum atomic E-state index is -4.95. The van der Waals surface area contributed by atoms with E-state index in [0.717, 1.165) is 17.6 Å². The van der Waals surface area contributed by atoms with Crippen LogP contribution in [-0.4, -0.2) is 56.9 Å². The molecule has 0 aromatic heterocycles. The van der Waals surface area contributed by atoms with E-state index in [2.05, 4.69) is 33.9 Å². The van der Waals surface area contributed by atoms with Gasteiger partial charge in [0.05, 0.1) is 12.1 Å². The number of alkyl halides is 3. The molecule has 0 aliphatic carbocycles. The molecule has 37 heavy (non-hydrogen) atoms. The molecule has 3 rings (SSSR count). The van der Waals surface area contributed by atoms with E-state index in [1.807, 2.05) is 31.2 Å². The maximum atomic E-state index is 14.7.